The molecule has 0 fully saturated rings. The van der Waals surface area contributed by atoms with E-state index in [0.29, 0.717) is 33.4 Å². The SMILES string of the molecule is Cc1ccc2c(c1)c1ccccc1n2-c1cc(-n2c3ccccc3c3cc(C)ccc32)c(C(F)(F)F)cc1-c1cccc(C#N)c1. The minimum atomic E-state index is -4.67. The summed E-state index contributed by atoms with van der Waals surface area (Å²) >= 11 is 0. The van der Waals surface area contributed by atoms with Gasteiger partial charge in [0.25, 0.3) is 0 Å². The molecule has 222 valence electrons. The standard InChI is InChI=1S/C40H26F3N3/c1-24-14-16-36-31(18-24)28-10-3-5-12-34(28)45(36)38-22-39(33(40(41,42)43)21-30(38)27-9-7-8-26(20-27)23-44)46-35-13-6-4-11-29(35)32-19-25(2)15-17-37(32)46/h3-22H,1-2H3. The Hall–Kier alpha value is -5.80. The average molecular weight is 606 g/mol. The number of rotatable bonds is 3. The third kappa shape index (κ3) is 4.20. The normalized spacial score (nSPS) is 12.0. The van der Waals surface area contributed by atoms with Crippen LogP contribution in [0.1, 0.15) is 22.3 Å². The molecule has 0 aliphatic rings. The number of nitrogens with zero attached hydrogens (tertiary/aromatic N) is 3. The van der Waals surface area contributed by atoms with Crippen LogP contribution in [0.3, 0.4) is 0 Å². The summed E-state index contributed by atoms with van der Waals surface area (Å²) in [4.78, 5) is 0. The lowest BCUT2D eigenvalue weighted by Gasteiger charge is -2.22. The van der Waals surface area contributed by atoms with Crippen LogP contribution in [0, 0.1) is 25.2 Å². The third-order valence-corrected chi connectivity index (χ3v) is 8.86. The first-order valence-electron chi connectivity index (χ1n) is 15.0. The lowest BCUT2D eigenvalue weighted by Crippen LogP contribution is -2.13. The molecule has 0 amide bonds. The summed E-state index contributed by atoms with van der Waals surface area (Å²) in [6, 6.07) is 39.5. The van der Waals surface area contributed by atoms with Crippen LogP contribution in [0.5, 0.6) is 0 Å². The molecule has 3 nitrogen and oxygen atoms in total. The van der Waals surface area contributed by atoms with Gasteiger partial charge in [0.2, 0.25) is 0 Å². The Bertz CT molecular complexity index is 2560. The molecular weight excluding hydrogens is 579 g/mol. The highest BCUT2D eigenvalue weighted by atomic mass is 19.4. The number of fused-ring (bicyclic) bond motifs is 6. The zero-order valence-corrected chi connectivity index (χ0v) is 25.0. The predicted octanol–water partition coefficient (Wildman–Crippen LogP) is 11.1. The molecule has 0 aliphatic carbocycles. The van der Waals surface area contributed by atoms with E-state index >= 15 is 13.2 Å². The molecule has 6 aromatic carbocycles. The number of halogens is 3. The first kappa shape index (κ1) is 27.7. The van der Waals surface area contributed by atoms with Gasteiger partial charge in [0, 0.05) is 27.1 Å². The van der Waals surface area contributed by atoms with E-state index in [9.17, 15) is 5.26 Å². The number of hydrogen-bond donors (Lipinski definition) is 0. The summed E-state index contributed by atoms with van der Waals surface area (Å²) in [5, 5.41) is 13.5. The van der Waals surface area contributed by atoms with Crippen LogP contribution in [0.25, 0.3) is 66.1 Å². The summed E-state index contributed by atoms with van der Waals surface area (Å²) < 4.78 is 49.7. The van der Waals surface area contributed by atoms with E-state index in [4.69, 9.17) is 0 Å². The minimum absolute atomic E-state index is 0.0378. The highest BCUT2D eigenvalue weighted by molar-refractivity contribution is 6.11. The first-order chi connectivity index (χ1) is 22.2. The zero-order chi connectivity index (χ0) is 31.7. The maximum Gasteiger partial charge on any atom is 0.418 e. The number of nitriles is 1. The molecule has 8 aromatic rings. The van der Waals surface area contributed by atoms with Gasteiger partial charge >= 0.3 is 6.18 Å². The van der Waals surface area contributed by atoms with E-state index in [-0.39, 0.29) is 5.69 Å². The number of aromatic nitrogens is 2. The van der Waals surface area contributed by atoms with E-state index in [1.807, 2.05) is 92.7 Å². The summed E-state index contributed by atoms with van der Waals surface area (Å²) in [6.45, 7) is 4.02. The van der Waals surface area contributed by atoms with Gasteiger partial charge in [-0.05, 0) is 80.1 Å². The maximum atomic E-state index is 15.3. The second-order valence-corrected chi connectivity index (χ2v) is 11.8. The topological polar surface area (TPSA) is 33.6 Å². The molecule has 8 rings (SSSR count). The van der Waals surface area contributed by atoms with Crippen LogP contribution in [-0.4, -0.2) is 9.13 Å². The van der Waals surface area contributed by atoms with Crippen molar-refractivity contribution < 1.29 is 13.2 Å². The van der Waals surface area contributed by atoms with Crippen LogP contribution < -0.4 is 0 Å². The van der Waals surface area contributed by atoms with Gasteiger partial charge in [0.15, 0.2) is 0 Å². The Balaban J connectivity index is 1.58. The summed E-state index contributed by atoms with van der Waals surface area (Å²) in [5.41, 5.74) is 6.42. The second kappa shape index (κ2) is 10.1. The zero-order valence-electron chi connectivity index (χ0n) is 25.0. The van der Waals surface area contributed by atoms with Crippen molar-refractivity contribution >= 4 is 43.6 Å². The van der Waals surface area contributed by atoms with Crippen molar-refractivity contribution in [3.8, 4) is 28.6 Å². The van der Waals surface area contributed by atoms with Crippen LogP contribution in [0.2, 0.25) is 0 Å². The van der Waals surface area contributed by atoms with Crippen LogP contribution in [0.15, 0.2) is 121 Å². The van der Waals surface area contributed by atoms with Gasteiger partial charge in [-0.3, -0.25) is 0 Å². The summed E-state index contributed by atoms with van der Waals surface area (Å²) in [7, 11) is 0. The van der Waals surface area contributed by atoms with Crippen molar-refractivity contribution in [1.82, 2.24) is 9.13 Å². The van der Waals surface area contributed by atoms with Crippen molar-refractivity contribution in [3.63, 3.8) is 0 Å². The van der Waals surface area contributed by atoms with Crippen LogP contribution in [-0.2, 0) is 6.18 Å². The molecule has 0 bridgehead atoms. The number of hydrogen-bond acceptors (Lipinski definition) is 1. The van der Waals surface area contributed by atoms with E-state index < -0.39 is 11.7 Å². The number of para-hydroxylation sites is 2. The quantitative estimate of drug-likeness (QED) is 0.197. The van der Waals surface area contributed by atoms with Crippen LogP contribution in [0.4, 0.5) is 13.2 Å². The molecule has 0 saturated heterocycles. The van der Waals surface area contributed by atoms with Crippen molar-refractivity contribution in [2.45, 2.75) is 20.0 Å². The maximum absolute atomic E-state index is 15.3. The fraction of sp³-hybridized carbons (Fsp3) is 0.0750. The molecule has 0 atom stereocenters. The second-order valence-electron chi connectivity index (χ2n) is 11.8. The fourth-order valence-electron chi connectivity index (χ4n) is 6.85. The van der Waals surface area contributed by atoms with E-state index in [1.54, 1.807) is 34.9 Å². The van der Waals surface area contributed by atoms with Gasteiger partial charge in [-0.1, -0.05) is 71.8 Å². The van der Waals surface area contributed by atoms with Crippen molar-refractivity contribution in [1.29, 1.82) is 5.26 Å². The average Bonchev–Trinajstić information content (AvgIpc) is 3.56. The lowest BCUT2D eigenvalue weighted by molar-refractivity contribution is -0.137. The molecule has 0 spiro atoms. The van der Waals surface area contributed by atoms with Crippen molar-refractivity contribution in [2.24, 2.45) is 0 Å². The molecule has 2 aromatic heterocycles. The molecule has 0 saturated carbocycles. The highest BCUT2D eigenvalue weighted by Crippen LogP contribution is 2.45. The van der Waals surface area contributed by atoms with E-state index in [1.165, 1.54) is 6.07 Å². The number of benzene rings is 6. The van der Waals surface area contributed by atoms with E-state index in [2.05, 4.69) is 16.7 Å². The molecule has 0 unspecified atom stereocenters. The Morgan fingerprint density at radius 2 is 1.09 bits per heavy atom. The molecule has 0 radical (unpaired) electrons. The van der Waals surface area contributed by atoms with Crippen LogP contribution >= 0.6 is 0 Å². The summed E-state index contributed by atoms with van der Waals surface area (Å²) in [5.74, 6) is 0. The van der Waals surface area contributed by atoms with Gasteiger partial charge in [-0.15, -0.1) is 0 Å². The molecule has 0 N–H and O–H groups in total. The molecular formula is C40H26F3N3. The van der Waals surface area contributed by atoms with Gasteiger partial charge in [0.05, 0.1) is 50.6 Å². The van der Waals surface area contributed by atoms with Gasteiger partial charge in [0.1, 0.15) is 0 Å². The first-order valence-corrected chi connectivity index (χ1v) is 15.0. The monoisotopic (exact) mass is 605 g/mol. The fourth-order valence-corrected chi connectivity index (χ4v) is 6.85. The smallest absolute Gasteiger partial charge is 0.309 e. The Morgan fingerprint density at radius 1 is 0.543 bits per heavy atom. The third-order valence-electron chi connectivity index (χ3n) is 8.86. The van der Waals surface area contributed by atoms with Gasteiger partial charge < -0.3 is 9.13 Å². The molecule has 46 heavy (non-hydrogen) atoms. The van der Waals surface area contributed by atoms with Crippen molar-refractivity contribution in [2.75, 3.05) is 0 Å². The lowest BCUT2D eigenvalue weighted by atomic mass is 9.97. The molecule has 6 heteroatoms. The van der Waals surface area contributed by atoms with E-state index in [0.717, 1.165) is 43.7 Å². The number of aryl methyl sites for hydroxylation is 2. The predicted molar refractivity (Wildman–Crippen MR) is 180 cm³/mol. The summed E-state index contributed by atoms with van der Waals surface area (Å²) in [6.07, 6.45) is -4.67. The molecule has 0 aliphatic heterocycles. The largest absolute Gasteiger partial charge is 0.418 e. The van der Waals surface area contributed by atoms with Crippen molar-refractivity contribution in [3.05, 3.63) is 144 Å². The van der Waals surface area contributed by atoms with Gasteiger partial charge in [-0.25, -0.2) is 0 Å². The Kier molecular flexibility index (Phi) is 6.10. The highest BCUT2D eigenvalue weighted by Gasteiger charge is 2.36. The minimum Gasteiger partial charge on any atom is -0.309 e. The Morgan fingerprint density at radius 3 is 1.65 bits per heavy atom. The molecule has 2 heterocycles. The Labute approximate surface area is 263 Å². The van der Waals surface area contributed by atoms with Gasteiger partial charge in [-0.2, -0.15) is 18.4 Å². The number of alkyl halides is 3.